The van der Waals surface area contributed by atoms with Gasteiger partial charge in [-0.25, -0.2) is 0 Å². The molecule has 1 aliphatic rings. The summed E-state index contributed by atoms with van der Waals surface area (Å²) in [5.41, 5.74) is 1.27. The van der Waals surface area contributed by atoms with E-state index in [-0.39, 0.29) is 24.4 Å². The zero-order valence-electron chi connectivity index (χ0n) is 14.8. The van der Waals surface area contributed by atoms with Crippen molar-refractivity contribution in [3.05, 3.63) is 48.0 Å². The van der Waals surface area contributed by atoms with Crippen LogP contribution >= 0.6 is 12.4 Å². The summed E-state index contributed by atoms with van der Waals surface area (Å²) >= 11 is 0. The molecule has 0 spiro atoms. The smallest absolute Gasteiger partial charge is 0.0649 e. The first-order valence-corrected chi connectivity index (χ1v) is 8.96. The van der Waals surface area contributed by atoms with E-state index in [0.717, 1.165) is 6.54 Å². The van der Waals surface area contributed by atoms with Gasteiger partial charge in [0.15, 0.2) is 0 Å². The zero-order valence-corrected chi connectivity index (χ0v) is 15.6. The first-order valence-electron chi connectivity index (χ1n) is 8.96. The van der Waals surface area contributed by atoms with Gasteiger partial charge in [0, 0.05) is 12.5 Å². The lowest BCUT2D eigenvalue weighted by molar-refractivity contribution is 0.0520. The first-order chi connectivity index (χ1) is 11.1. The molecule has 0 aliphatic heterocycles. The number of hydrogen-bond acceptors (Lipinski definition) is 2. The second-order valence-electron chi connectivity index (χ2n) is 7.36. The monoisotopic (exact) mass is 347 g/mol. The number of hydrogen-bond donors (Lipinski definition) is 1. The van der Waals surface area contributed by atoms with Gasteiger partial charge in [-0.15, -0.1) is 12.4 Å². The van der Waals surface area contributed by atoms with E-state index in [1.807, 2.05) is 0 Å². The van der Waals surface area contributed by atoms with Crippen LogP contribution in [0, 0.1) is 5.92 Å². The fraction of sp³-hybridized carbons (Fsp3) is 0.524. The van der Waals surface area contributed by atoms with Gasteiger partial charge in [-0.05, 0) is 49.2 Å². The molecule has 0 aromatic heterocycles. The fourth-order valence-corrected chi connectivity index (χ4v) is 4.05. The van der Waals surface area contributed by atoms with Crippen molar-refractivity contribution in [3.8, 4) is 0 Å². The highest BCUT2D eigenvalue weighted by molar-refractivity contribution is 5.85. The molecule has 24 heavy (non-hydrogen) atoms. The fourth-order valence-electron chi connectivity index (χ4n) is 4.05. The second-order valence-corrected chi connectivity index (χ2v) is 7.36. The third-order valence-electron chi connectivity index (χ3n) is 5.31. The van der Waals surface area contributed by atoms with Gasteiger partial charge in [-0.2, -0.15) is 0 Å². The zero-order chi connectivity index (χ0) is 16.2. The number of benzene rings is 2. The molecule has 1 saturated carbocycles. The normalized spacial score (nSPS) is 18.3. The maximum Gasteiger partial charge on any atom is 0.0649 e. The molecule has 2 nitrogen and oxygen atoms in total. The third-order valence-corrected chi connectivity index (χ3v) is 5.31. The number of fused-ring (bicyclic) bond motifs is 1. The number of nitrogens with zero attached hydrogens (tertiary/aromatic N) is 1. The Morgan fingerprint density at radius 3 is 2.33 bits per heavy atom. The number of halogens is 1. The van der Waals surface area contributed by atoms with Crippen molar-refractivity contribution >= 4 is 23.2 Å². The molecule has 132 valence electrons. The molecule has 0 heterocycles. The van der Waals surface area contributed by atoms with Gasteiger partial charge in [0.25, 0.3) is 0 Å². The predicted molar refractivity (Wildman–Crippen MR) is 105 cm³/mol. The van der Waals surface area contributed by atoms with Crippen molar-refractivity contribution in [3.63, 3.8) is 0 Å². The Morgan fingerprint density at radius 2 is 1.67 bits per heavy atom. The molecule has 2 unspecified atom stereocenters. The molecule has 2 aromatic rings. The lowest BCUT2D eigenvalue weighted by atomic mass is 9.78. The molecule has 0 saturated heterocycles. The van der Waals surface area contributed by atoms with Crippen molar-refractivity contribution in [1.82, 2.24) is 4.90 Å². The first kappa shape index (κ1) is 19.2. The second kappa shape index (κ2) is 8.84. The maximum absolute atomic E-state index is 11.1. The molecular formula is C21H30ClNO. The van der Waals surface area contributed by atoms with E-state index >= 15 is 0 Å². The lowest BCUT2D eigenvalue weighted by Gasteiger charge is -2.34. The van der Waals surface area contributed by atoms with Crippen LogP contribution in [0.5, 0.6) is 0 Å². The van der Waals surface area contributed by atoms with E-state index in [2.05, 4.69) is 61.5 Å². The largest absolute Gasteiger partial charge is 0.392 e. The average molecular weight is 348 g/mol. The topological polar surface area (TPSA) is 23.5 Å². The minimum absolute atomic E-state index is 0. The predicted octanol–water partition coefficient (Wildman–Crippen LogP) is 4.85. The highest BCUT2D eigenvalue weighted by atomic mass is 35.5. The van der Waals surface area contributed by atoms with Crippen LogP contribution in [0.4, 0.5) is 0 Å². The third kappa shape index (κ3) is 4.50. The Balaban J connectivity index is 0.00000208. The molecule has 0 bridgehead atoms. The molecule has 3 heteroatoms. The van der Waals surface area contributed by atoms with E-state index in [0.29, 0.717) is 5.92 Å². The van der Waals surface area contributed by atoms with Crippen LogP contribution in [0.25, 0.3) is 10.8 Å². The Morgan fingerprint density at radius 1 is 1.00 bits per heavy atom. The van der Waals surface area contributed by atoms with Crippen molar-refractivity contribution in [2.75, 3.05) is 20.6 Å². The number of aliphatic hydroxyl groups is 1. The molecule has 3 rings (SSSR count). The van der Waals surface area contributed by atoms with Crippen LogP contribution in [0.3, 0.4) is 0 Å². The number of rotatable bonds is 5. The van der Waals surface area contributed by atoms with Crippen LogP contribution in [-0.2, 0) is 0 Å². The van der Waals surface area contributed by atoms with Gasteiger partial charge < -0.3 is 10.0 Å². The summed E-state index contributed by atoms with van der Waals surface area (Å²) in [7, 11) is 4.20. The van der Waals surface area contributed by atoms with Gasteiger partial charge in [0.2, 0.25) is 0 Å². The summed E-state index contributed by atoms with van der Waals surface area (Å²) in [6.45, 7) is 0.899. The molecule has 1 N–H and O–H groups in total. The van der Waals surface area contributed by atoms with Crippen molar-refractivity contribution in [1.29, 1.82) is 0 Å². The summed E-state index contributed by atoms with van der Waals surface area (Å²) in [5, 5.41) is 13.6. The van der Waals surface area contributed by atoms with Gasteiger partial charge >= 0.3 is 0 Å². The molecular weight excluding hydrogens is 318 g/mol. The van der Waals surface area contributed by atoms with Crippen molar-refractivity contribution in [2.24, 2.45) is 5.92 Å². The molecule has 2 aromatic carbocycles. The van der Waals surface area contributed by atoms with Gasteiger partial charge in [-0.3, -0.25) is 0 Å². The minimum Gasteiger partial charge on any atom is -0.392 e. The van der Waals surface area contributed by atoms with Gasteiger partial charge in [0.1, 0.15) is 0 Å². The highest BCUT2D eigenvalue weighted by Gasteiger charge is 2.30. The Hall–Kier alpha value is -1.09. The van der Waals surface area contributed by atoms with Gasteiger partial charge in [-0.1, -0.05) is 61.7 Å². The van der Waals surface area contributed by atoms with Crippen LogP contribution < -0.4 is 0 Å². The van der Waals surface area contributed by atoms with Crippen LogP contribution in [0.1, 0.15) is 43.6 Å². The van der Waals surface area contributed by atoms with Crippen LogP contribution in [-0.4, -0.2) is 36.8 Å². The molecule has 1 fully saturated rings. The summed E-state index contributed by atoms with van der Waals surface area (Å²) < 4.78 is 0. The van der Waals surface area contributed by atoms with Crippen molar-refractivity contribution in [2.45, 2.75) is 44.1 Å². The lowest BCUT2D eigenvalue weighted by Crippen LogP contribution is -2.35. The summed E-state index contributed by atoms with van der Waals surface area (Å²) in [6, 6.07) is 15.2. The van der Waals surface area contributed by atoms with Crippen LogP contribution in [0.2, 0.25) is 0 Å². The Labute approximate surface area is 152 Å². The average Bonchev–Trinajstić information content (AvgIpc) is 2.59. The summed E-state index contributed by atoms with van der Waals surface area (Å²) in [4.78, 5) is 2.20. The summed E-state index contributed by atoms with van der Waals surface area (Å²) in [6.07, 6.45) is 6.00. The minimum atomic E-state index is -0.237. The highest BCUT2D eigenvalue weighted by Crippen LogP contribution is 2.34. The standard InChI is InChI=1S/C21H29NO.ClH/c1-22(2)15-20(21(23)17-9-4-3-5-10-17)19-13-12-16-8-6-7-11-18(16)14-19;/h6-8,11-14,17,20-21,23H,3-5,9-10,15H2,1-2H3;1H. The van der Waals surface area contributed by atoms with Crippen LogP contribution in [0.15, 0.2) is 42.5 Å². The quantitative estimate of drug-likeness (QED) is 0.835. The Kier molecular flexibility index (Phi) is 7.09. The molecule has 0 radical (unpaired) electrons. The maximum atomic E-state index is 11.1. The number of aliphatic hydroxyl groups excluding tert-OH is 1. The molecule has 0 amide bonds. The van der Waals surface area contributed by atoms with Gasteiger partial charge in [0.05, 0.1) is 6.10 Å². The van der Waals surface area contributed by atoms with E-state index in [9.17, 15) is 5.11 Å². The van der Waals surface area contributed by atoms with E-state index in [1.165, 1.54) is 48.4 Å². The van der Waals surface area contributed by atoms with E-state index < -0.39 is 0 Å². The van der Waals surface area contributed by atoms with E-state index in [4.69, 9.17) is 0 Å². The molecule has 2 atom stereocenters. The Bertz CT molecular complexity index is 637. The van der Waals surface area contributed by atoms with E-state index in [1.54, 1.807) is 0 Å². The SMILES string of the molecule is CN(C)CC(c1ccc2ccccc2c1)C(O)C1CCCCC1.Cl. The van der Waals surface area contributed by atoms with Crippen molar-refractivity contribution < 1.29 is 5.11 Å². The number of likely N-dealkylation sites (N-methyl/N-ethyl adjacent to an activating group) is 1. The summed E-state index contributed by atoms with van der Waals surface area (Å²) in [5.74, 6) is 0.651. The molecule has 1 aliphatic carbocycles.